The van der Waals surface area contributed by atoms with Crippen molar-refractivity contribution in [1.82, 2.24) is 0 Å². The van der Waals surface area contributed by atoms with E-state index < -0.39 is 5.66 Å². The molecule has 0 aromatic heterocycles. The van der Waals surface area contributed by atoms with E-state index in [9.17, 15) is 0 Å². The molecule has 2 rings (SSSR count). The predicted octanol–water partition coefficient (Wildman–Crippen LogP) is 2.59. The molecule has 0 spiro atoms. The molecular formula is C14H20N2. The minimum Gasteiger partial charge on any atom is -0.310 e. The molecule has 1 aromatic carbocycles. The van der Waals surface area contributed by atoms with Gasteiger partial charge >= 0.3 is 0 Å². The third-order valence-electron chi connectivity index (χ3n) is 2.70. The number of nitrogens with two attached hydrogens (primary N) is 2. The lowest BCUT2D eigenvalue weighted by Gasteiger charge is -2.23. The highest BCUT2D eigenvalue weighted by Crippen LogP contribution is 2.25. The number of rotatable bonds is 1. The monoisotopic (exact) mass is 216 g/mol. The summed E-state index contributed by atoms with van der Waals surface area (Å²) in [5, 5.41) is 0. The third kappa shape index (κ3) is 2.60. The van der Waals surface area contributed by atoms with Gasteiger partial charge in [-0.2, -0.15) is 0 Å². The molecule has 1 aliphatic carbocycles. The Morgan fingerprint density at radius 1 is 1.19 bits per heavy atom. The van der Waals surface area contributed by atoms with Gasteiger partial charge in [0.1, 0.15) is 0 Å². The van der Waals surface area contributed by atoms with Crippen molar-refractivity contribution < 1.29 is 0 Å². The van der Waals surface area contributed by atoms with Gasteiger partial charge in [0.25, 0.3) is 0 Å². The van der Waals surface area contributed by atoms with Crippen LogP contribution >= 0.6 is 0 Å². The Kier molecular flexibility index (Phi) is 3.68. The number of hydrogen-bond donors (Lipinski definition) is 2. The molecule has 0 unspecified atom stereocenters. The molecule has 0 saturated heterocycles. The van der Waals surface area contributed by atoms with Crippen LogP contribution in [-0.4, -0.2) is 5.66 Å². The molecule has 0 atom stereocenters. The number of benzene rings is 1. The normalized spacial score (nSPS) is 17.6. The highest BCUT2D eigenvalue weighted by atomic mass is 14.9. The van der Waals surface area contributed by atoms with E-state index in [1.54, 1.807) is 0 Å². The van der Waals surface area contributed by atoms with Crippen molar-refractivity contribution >= 4 is 5.57 Å². The van der Waals surface area contributed by atoms with Crippen LogP contribution in [0.3, 0.4) is 0 Å². The first-order valence-corrected chi connectivity index (χ1v) is 5.12. The second-order valence-electron chi connectivity index (χ2n) is 4.12. The standard InChI is InChI=1S/C13H16N2.CH4/c1-10-4-2-3-5-12(10)11-6-8-13(14,15)9-7-11;/h2-8H,9,14-15H2,1H3;1H4. The van der Waals surface area contributed by atoms with E-state index >= 15 is 0 Å². The van der Waals surface area contributed by atoms with E-state index in [0.29, 0.717) is 6.42 Å². The van der Waals surface area contributed by atoms with Crippen molar-refractivity contribution in [2.24, 2.45) is 11.5 Å². The summed E-state index contributed by atoms with van der Waals surface area (Å²) in [4.78, 5) is 0. The van der Waals surface area contributed by atoms with Gasteiger partial charge in [0, 0.05) is 6.42 Å². The van der Waals surface area contributed by atoms with E-state index in [0.717, 1.165) is 0 Å². The Balaban J connectivity index is 0.00000128. The van der Waals surface area contributed by atoms with Gasteiger partial charge < -0.3 is 11.5 Å². The lowest BCUT2D eigenvalue weighted by molar-refractivity contribution is 0.559. The number of hydrogen-bond acceptors (Lipinski definition) is 2. The minimum absolute atomic E-state index is 0. The molecule has 0 radical (unpaired) electrons. The van der Waals surface area contributed by atoms with E-state index in [1.165, 1.54) is 16.7 Å². The fraction of sp³-hybridized carbons (Fsp3) is 0.286. The average Bonchev–Trinajstić information content (AvgIpc) is 2.19. The van der Waals surface area contributed by atoms with Crippen molar-refractivity contribution in [1.29, 1.82) is 0 Å². The molecule has 16 heavy (non-hydrogen) atoms. The Labute approximate surface area is 97.7 Å². The average molecular weight is 216 g/mol. The smallest absolute Gasteiger partial charge is 0.0867 e. The van der Waals surface area contributed by atoms with Gasteiger partial charge in [-0.1, -0.05) is 43.8 Å². The van der Waals surface area contributed by atoms with Gasteiger partial charge in [-0.05, 0) is 29.7 Å². The summed E-state index contributed by atoms with van der Waals surface area (Å²) < 4.78 is 0. The molecule has 0 aliphatic heterocycles. The highest BCUT2D eigenvalue weighted by Gasteiger charge is 2.17. The summed E-state index contributed by atoms with van der Waals surface area (Å²) >= 11 is 0. The van der Waals surface area contributed by atoms with Crippen LogP contribution < -0.4 is 11.5 Å². The number of aryl methyl sites for hydroxylation is 1. The first kappa shape index (κ1) is 12.7. The second kappa shape index (κ2) is 4.64. The van der Waals surface area contributed by atoms with Crippen molar-refractivity contribution in [2.45, 2.75) is 26.4 Å². The summed E-state index contributed by atoms with van der Waals surface area (Å²) in [5.74, 6) is 0. The molecule has 0 heterocycles. The summed E-state index contributed by atoms with van der Waals surface area (Å²) in [6.07, 6.45) is 6.66. The zero-order valence-electron chi connectivity index (χ0n) is 8.90. The van der Waals surface area contributed by atoms with Crippen LogP contribution in [0.4, 0.5) is 0 Å². The van der Waals surface area contributed by atoms with E-state index in [4.69, 9.17) is 11.5 Å². The van der Waals surface area contributed by atoms with Gasteiger partial charge in [0.15, 0.2) is 0 Å². The molecule has 0 bridgehead atoms. The first-order chi connectivity index (χ1) is 7.08. The lowest BCUT2D eigenvalue weighted by atomic mass is 9.92. The molecule has 2 heteroatoms. The van der Waals surface area contributed by atoms with Gasteiger partial charge in [-0.25, -0.2) is 0 Å². The highest BCUT2D eigenvalue weighted by molar-refractivity contribution is 5.77. The Morgan fingerprint density at radius 3 is 2.44 bits per heavy atom. The van der Waals surface area contributed by atoms with Crippen molar-refractivity contribution in [3.8, 4) is 0 Å². The zero-order chi connectivity index (χ0) is 10.9. The van der Waals surface area contributed by atoms with Crippen LogP contribution in [0, 0.1) is 6.92 Å². The van der Waals surface area contributed by atoms with E-state index in [1.807, 2.05) is 24.3 Å². The summed E-state index contributed by atoms with van der Waals surface area (Å²) in [5.41, 5.74) is 14.7. The van der Waals surface area contributed by atoms with Crippen LogP contribution in [-0.2, 0) is 0 Å². The quantitative estimate of drug-likeness (QED) is 0.709. The molecule has 2 nitrogen and oxygen atoms in total. The number of allylic oxidation sites excluding steroid dienone is 2. The minimum atomic E-state index is -0.674. The summed E-state index contributed by atoms with van der Waals surface area (Å²) in [6.45, 7) is 2.11. The Bertz CT molecular complexity index is 428. The van der Waals surface area contributed by atoms with Gasteiger partial charge in [0.05, 0.1) is 5.66 Å². The molecule has 4 N–H and O–H groups in total. The van der Waals surface area contributed by atoms with E-state index in [-0.39, 0.29) is 7.43 Å². The summed E-state index contributed by atoms with van der Waals surface area (Å²) in [7, 11) is 0. The van der Waals surface area contributed by atoms with E-state index in [2.05, 4.69) is 25.1 Å². The van der Waals surface area contributed by atoms with Crippen LogP contribution in [0.2, 0.25) is 0 Å². The van der Waals surface area contributed by atoms with Crippen molar-refractivity contribution in [3.63, 3.8) is 0 Å². The maximum Gasteiger partial charge on any atom is 0.0867 e. The third-order valence-corrected chi connectivity index (χ3v) is 2.70. The largest absolute Gasteiger partial charge is 0.310 e. The maximum atomic E-state index is 5.80. The fourth-order valence-corrected chi connectivity index (χ4v) is 1.76. The molecule has 0 amide bonds. The van der Waals surface area contributed by atoms with Crippen molar-refractivity contribution in [2.75, 3.05) is 0 Å². The van der Waals surface area contributed by atoms with Crippen molar-refractivity contribution in [3.05, 3.63) is 53.6 Å². The molecular weight excluding hydrogens is 196 g/mol. The zero-order valence-corrected chi connectivity index (χ0v) is 8.90. The van der Waals surface area contributed by atoms with Gasteiger partial charge in [-0.3, -0.25) is 0 Å². The topological polar surface area (TPSA) is 52.0 Å². The van der Waals surface area contributed by atoms with Gasteiger partial charge in [0.2, 0.25) is 0 Å². The molecule has 1 aliphatic rings. The molecule has 0 fully saturated rings. The van der Waals surface area contributed by atoms with Crippen LogP contribution in [0.15, 0.2) is 42.5 Å². The van der Waals surface area contributed by atoms with Crippen LogP contribution in [0.1, 0.15) is 25.0 Å². The lowest BCUT2D eigenvalue weighted by Crippen LogP contribution is -2.47. The van der Waals surface area contributed by atoms with Crippen LogP contribution in [0.25, 0.3) is 5.57 Å². The first-order valence-electron chi connectivity index (χ1n) is 5.12. The molecule has 1 aromatic rings. The molecule has 86 valence electrons. The molecule has 0 saturated carbocycles. The van der Waals surface area contributed by atoms with Gasteiger partial charge in [-0.15, -0.1) is 0 Å². The SMILES string of the molecule is C.Cc1ccccc1C1=CCC(N)(N)C=C1. The second-order valence-corrected chi connectivity index (χ2v) is 4.12. The fourth-order valence-electron chi connectivity index (χ4n) is 1.76. The maximum absolute atomic E-state index is 5.80. The Morgan fingerprint density at radius 2 is 1.88 bits per heavy atom. The Hall–Kier alpha value is -1.38. The summed E-state index contributed by atoms with van der Waals surface area (Å²) in [6, 6.07) is 8.31. The van der Waals surface area contributed by atoms with Crippen LogP contribution in [0.5, 0.6) is 0 Å². The predicted molar refractivity (Wildman–Crippen MR) is 70.7 cm³/mol.